The third-order valence-corrected chi connectivity index (χ3v) is 10.1. The summed E-state index contributed by atoms with van der Waals surface area (Å²) in [5.74, 6) is 2.23. The normalized spacial score (nSPS) is 10.9. The van der Waals surface area contributed by atoms with Crippen molar-refractivity contribution < 1.29 is 24.2 Å². The van der Waals surface area contributed by atoms with Crippen molar-refractivity contribution in [1.82, 2.24) is 19.6 Å². The SMILES string of the molecule is C.CCC(CC)COc1ccc(Br)cc1Cn1nc(CCC(=O)O)cc1C.CCC(CC)COc1ccc(Cl)cc1Cn1nc(CCC(C)=O)cc1C. The number of benzene rings is 2. The summed E-state index contributed by atoms with van der Waals surface area (Å²) in [4.78, 5) is 22.0. The van der Waals surface area contributed by atoms with E-state index >= 15 is 0 Å². The zero-order valence-corrected chi connectivity index (χ0v) is 34.2. The molecule has 0 aliphatic carbocycles. The van der Waals surface area contributed by atoms with Gasteiger partial charge >= 0.3 is 5.97 Å². The van der Waals surface area contributed by atoms with E-state index < -0.39 is 5.97 Å². The van der Waals surface area contributed by atoms with Crippen molar-refractivity contribution in [2.75, 3.05) is 13.2 Å². The molecule has 0 saturated carbocycles. The van der Waals surface area contributed by atoms with Crippen LogP contribution in [0, 0.1) is 25.7 Å². The van der Waals surface area contributed by atoms with Crippen molar-refractivity contribution >= 4 is 39.3 Å². The number of Topliss-reactive ketones (excluding diaryl/α,β-unsaturated/α-hetero) is 1. The molecule has 0 atom stereocenters. The molecule has 2 aromatic heterocycles. The summed E-state index contributed by atoms with van der Waals surface area (Å²) in [5, 5.41) is 18.7. The summed E-state index contributed by atoms with van der Waals surface area (Å²) < 4.78 is 17.0. The third-order valence-electron chi connectivity index (χ3n) is 9.34. The van der Waals surface area contributed by atoms with Gasteiger partial charge in [0, 0.05) is 44.9 Å². The number of hydrogen-bond donors (Lipinski definition) is 1. The predicted octanol–water partition coefficient (Wildman–Crippen LogP) is 10.7. The molecule has 0 saturated heterocycles. The molecule has 11 heteroatoms. The number of hydrogen-bond acceptors (Lipinski definition) is 6. The van der Waals surface area contributed by atoms with Gasteiger partial charge in [0.05, 0.1) is 44.1 Å². The zero-order chi connectivity index (χ0) is 38.2. The highest BCUT2D eigenvalue weighted by Gasteiger charge is 2.14. The fourth-order valence-corrected chi connectivity index (χ4v) is 6.28. The number of carboxylic acid groups (broad SMARTS) is 1. The Kier molecular flexibility index (Phi) is 19.9. The minimum absolute atomic E-state index is 0. The smallest absolute Gasteiger partial charge is 0.303 e. The molecule has 4 aromatic rings. The first-order chi connectivity index (χ1) is 24.8. The topological polar surface area (TPSA) is 108 Å². The highest BCUT2D eigenvalue weighted by Crippen LogP contribution is 2.27. The first kappa shape index (κ1) is 45.5. The Labute approximate surface area is 330 Å². The molecule has 53 heavy (non-hydrogen) atoms. The largest absolute Gasteiger partial charge is 0.493 e. The van der Waals surface area contributed by atoms with Crippen LogP contribution in [-0.4, -0.2) is 49.6 Å². The van der Waals surface area contributed by atoms with Crippen LogP contribution < -0.4 is 9.47 Å². The van der Waals surface area contributed by atoms with Gasteiger partial charge in [-0.2, -0.15) is 10.2 Å². The summed E-state index contributed by atoms with van der Waals surface area (Å²) in [7, 11) is 0. The van der Waals surface area contributed by atoms with E-state index in [9.17, 15) is 9.59 Å². The first-order valence-corrected chi connectivity index (χ1v) is 19.6. The fourth-order valence-electron chi connectivity index (χ4n) is 5.67. The van der Waals surface area contributed by atoms with Crippen LogP contribution in [-0.2, 0) is 35.5 Å². The summed E-state index contributed by atoms with van der Waals surface area (Å²) in [6, 6.07) is 15.8. The van der Waals surface area contributed by atoms with Gasteiger partial charge in [-0.1, -0.05) is 88.3 Å². The van der Waals surface area contributed by atoms with Crippen LogP contribution >= 0.6 is 27.5 Å². The van der Waals surface area contributed by atoms with Crippen molar-refractivity contribution in [2.45, 2.75) is 120 Å². The predicted molar refractivity (Wildman–Crippen MR) is 219 cm³/mol. The molecule has 9 nitrogen and oxygen atoms in total. The lowest BCUT2D eigenvalue weighted by Gasteiger charge is -2.17. The molecule has 4 rings (SSSR count). The number of halogens is 2. The van der Waals surface area contributed by atoms with Crippen LogP contribution in [0.3, 0.4) is 0 Å². The molecular weight excluding hydrogens is 756 g/mol. The summed E-state index contributed by atoms with van der Waals surface area (Å²) in [6.07, 6.45) is 6.17. The molecule has 0 amide bonds. The Bertz CT molecular complexity index is 1600. The highest BCUT2D eigenvalue weighted by atomic mass is 79.9. The maximum atomic E-state index is 11.2. The van der Waals surface area contributed by atoms with Crippen LogP contribution in [0.4, 0.5) is 0 Å². The van der Waals surface area contributed by atoms with Gasteiger partial charge in [-0.15, -0.1) is 0 Å². The van der Waals surface area contributed by atoms with Crippen LogP contribution in [0.1, 0.15) is 114 Å². The third kappa shape index (κ3) is 15.3. The van der Waals surface area contributed by atoms with Crippen LogP contribution in [0.2, 0.25) is 5.02 Å². The second-order valence-corrected chi connectivity index (χ2v) is 14.8. The van der Waals surface area contributed by atoms with Crippen LogP contribution in [0.25, 0.3) is 0 Å². The minimum atomic E-state index is -0.804. The van der Waals surface area contributed by atoms with Crippen molar-refractivity contribution in [3.05, 3.63) is 91.9 Å². The summed E-state index contributed by atoms with van der Waals surface area (Å²) in [6.45, 7) is 17.0. The Morgan fingerprint density at radius 2 is 1.21 bits per heavy atom. The lowest BCUT2D eigenvalue weighted by molar-refractivity contribution is -0.137. The second-order valence-electron chi connectivity index (χ2n) is 13.5. The van der Waals surface area contributed by atoms with E-state index in [1.54, 1.807) is 6.92 Å². The quantitative estimate of drug-likeness (QED) is 0.0946. The van der Waals surface area contributed by atoms with E-state index in [2.05, 4.69) is 59.9 Å². The Hall–Kier alpha value is -3.63. The van der Waals surface area contributed by atoms with E-state index in [4.69, 9.17) is 26.2 Å². The Morgan fingerprint density at radius 1 is 0.755 bits per heavy atom. The number of ether oxygens (including phenoxy) is 2. The number of carbonyl (C=O) groups excluding carboxylic acids is 1. The van der Waals surface area contributed by atoms with Crippen LogP contribution in [0.5, 0.6) is 11.5 Å². The number of aliphatic carboxylic acids is 1. The van der Waals surface area contributed by atoms with E-state index in [0.29, 0.717) is 62.4 Å². The fraction of sp³-hybridized carbons (Fsp3) is 0.524. The van der Waals surface area contributed by atoms with Crippen molar-refractivity contribution in [2.24, 2.45) is 11.8 Å². The molecule has 0 bridgehead atoms. The van der Waals surface area contributed by atoms with Gasteiger partial charge in [0.1, 0.15) is 17.3 Å². The number of nitrogens with zero attached hydrogens (tertiary/aromatic N) is 4. The van der Waals surface area contributed by atoms with Gasteiger partial charge in [-0.3, -0.25) is 14.2 Å². The van der Waals surface area contributed by atoms with Gasteiger partial charge in [0.25, 0.3) is 0 Å². The van der Waals surface area contributed by atoms with Crippen molar-refractivity contribution in [3.63, 3.8) is 0 Å². The molecular formula is C42H60BrClN4O5. The first-order valence-electron chi connectivity index (χ1n) is 18.5. The van der Waals surface area contributed by atoms with Gasteiger partial charge < -0.3 is 19.4 Å². The van der Waals surface area contributed by atoms with Gasteiger partial charge in [0.2, 0.25) is 0 Å². The van der Waals surface area contributed by atoms with Gasteiger partial charge in [-0.25, -0.2) is 0 Å². The standard InChI is InChI=1S/C21H29ClN2O2.C20H27BrN2O3.CH4/c1-5-17(6-2)14-26-21-10-8-19(22)12-18(21)13-24-15(3)11-20(23-24)9-7-16(4)25;1-4-15(5-2)13-26-19-8-6-17(21)11-16(19)12-23-14(3)10-18(22-23)7-9-20(24)25;/h8,10-12,17H,5-7,9,13-14H2,1-4H3;6,8,10-11,15H,4-5,7,9,12-13H2,1-3H3,(H,24,25);1H4. The molecule has 292 valence electrons. The number of aromatic nitrogens is 4. The molecule has 2 aromatic carbocycles. The molecule has 0 aliphatic rings. The van der Waals surface area contributed by atoms with Crippen molar-refractivity contribution in [1.29, 1.82) is 0 Å². The number of aryl methyl sites for hydroxylation is 4. The average molecular weight is 816 g/mol. The van der Waals surface area contributed by atoms with Gasteiger partial charge in [0.15, 0.2) is 0 Å². The maximum Gasteiger partial charge on any atom is 0.303 e. The molecule has 1 N–H and O–H groups in total. The number of rotatable bonds is 20. The number of ketones is 1. The lowest BCUT2D eigenvalue weighted by Crippen LogP contribution is -2.12. The van der Waals surface area contributed by atoms with E-state index in [1.165, 1.54) is 0 Å². The number of carbonyl (C=O) groups is 2. The Morgan fingerprint density at radius 3 is 1.66 bits per heavy atom. The second kappa shape index (κ2) is 23.2. The molecule has 0 unspecified atom stereocenters. The molecule has 0 fully saturated rings. The lowest BCUT2D eigenvalue weighted by atomic mass is 10.1. The summed E-state index contributed by atoms with van der Waals surface area (Å²) >= 11 is 9.74. The molecule has 0 radical (unpaired) electrons. The molecule has 0 spiro atoms. The van der Waals surface area contributed by atoms with Crippen molar-refractivity contribution in [3.8, 4) is 11.5 Å². The number of carboxylic acids is 1. The molecule has 2 heterocycles. The van der Waals surface area contributed by atoms with Crippen LogP contribution in [0.15, 0.2) is 53.0 Å². The minimum Gasteiger partial charge on any atom is -0.493 e. The average Bonchev–Trinajstić information content (AvgIpc) is 3.65. The maximum absolute atomic E-state index is 11.2. The van der Waals surface area contributed by atoms with Gasteiger partial charge in [-0.05, 0) is 87.6 Å². The summed E-state index contributed by atoms with van der Waals surface area (Å²) in [5.41, 5.74) is 5.90. The van der Waals surface area contributed by atoms with E-state index in [0.717, 1.165) is 75.6 Å². The monoisotopic (exact) mass is 814 g/mol. The highest BCUT2D eigenvalue weighted by molar-refractivity contribution is 9.10. The van der Waals surface area contributed by atoms with E-state index in [-0.39, 0.29) is 19.6 Å². The van der Waals surface area contributed by atoms with E-state index in [1.807, 2.05) is 65.7 Å². The molecule has 0 aliphatic heterocycles. The Balaban J connectivity index is 0.000000360. The zero-order valence-electron chi connectivity index (χ0n) is 31.9.